The topological polar surface area (TPSA) is 64.4 Å². The summed E-state index contributed by atoms with van der Waals surface area (Å²) in [6.45, 7) is 0.151. The van der Waals surface area contributed by atoms with E-state index in [-0.39, 0.29) is 31.1 Å². The Hall–Kier alpha value is -2.09. The normalized spacial score (nSPS) is 12.6. The van der Waals surface area contributed by atoms with Gasteiger partial charge in [0.2, 0.25) is 0 Å². The first-order valence-electron chi connectivity index (χ1n) is 7.07. The highest BCUT2D eigenvalue weighted by Gasteiger charge is 2.10. The van der Waals surface area contributed by atoms with E-state index in [1.807, 2.05) is 0 Å². The number of halogens is 1. The number of aliphatic hydroxyl groups is 1. The molecule has 120 valence electrons. The van der Waals surface area contributed by atoms with Crippen molar-refractivity contribution in [1.82, 2.24) is 9.55 Å². The molecule has 1 N–H and O–H groups in total. The number of aliphatic hydroxyl groups excluding tert-OH is 1. The molecule has 0 radical (unpaired) electrons. The standard InChI is InChI=1S/C16H15FN2O3S/c17-14-4-2-1-3-11(14)8-22-9-12(20)7-19-10-18-15-13(16(19)21)5-6-23-15/h1-6,10,12,20H,7-9H2/t12-/m0/s1. The first kappa shape index (κ1) is 15.8. The summed E-state index contributed by atoms with van der Waals surface area (Å²) in [4.78, 5) is 17.0. The van der Waals surface area contributed by atoms with Crippen LogP contribution in [0.2, 0.25) is 0 Å². The van der Waals surface area contributed by atoms with Crippen LogP contribution < -0.4 is 5.56 Å². The molecule has 0 unspecified atom stereocenters. The van der Waals surface area contributed by atoms with Crippen LogP contribution >= 0.6 is 11.3 Å². The third-order valence-corrected chi connectivity index (χ3v) is 4.20. The summed E-state index contributed by atoms with van der Waals surface area (Å²) in [6, 6.07) is 8.02. The number of hydrogen-bond donors (Lipinski definition) is 1. The summed E-state index contributed by atoms with van der Waals surface area (Å²) in [5.41, 5.74) is 0.239. The van der Waals surface area contributed by atoms with Gasteiger partial charge in [0.15, 0.2) is 0 Å². The maximum Gasteiger partial charge on any atom is 0.262 e. The Balaban J connectivity index is 1.58. The van der Waals surface area contributed by atoms with Gasteiger partial charge in [-0.25, -0.2) is 9.37 Å². The summed E-state index contributed by atoms with van der Waals surface area (Å²) >= 11 is 1.39. The minimum atomic E-state index is -0.877. The van der Waals surface area contributed by atoms with Gasteiger partial charge in [0.25, 0.3) is 5.56 Å². The lowest BCUT2D eigenvalue weighted by Gasteiger charge is -2.13. The molecule has 7 heteroatoms. The van der Waals surface area contributed by atoms with Crippen molar-refractivity contribution < 1.29 is 14.2 Å². The van der Waals surface area contributed by atoms with E-state index >= 15 is 0 Å². The van der Waals surface area contributed by atoms with Gasteiger partial charge in [-0.15, -0.1) is 11.3 Å². The van der Waals surface area contributed by atoms with E-state index in [1.54, 1.807) is 29.6 Å². The van der Waals surface area contributed by atoms with Gasteiger partial charge >= 0.3 is 0 Å². The maximum absolute atomic E-state index is 13.4. The number of ether oxygens (including phenoxy) is 1. The molecule has 0 amide bonds. The quantitative estimate of drug-likeness (QED) is 0.750. The van der Waals surface area contributed by atoms with Gasteiger partial charge in [-0.2, -0.15) is 0 Å². The van der Waals surface area contributed by atoms with E-state index in [2.05, 4.69) is 4.98 Å². The van der Waals surface area contributed by atoms with Crippen molar-refractivity contribution in [2.24, 2.45) is 0 Å². The summed E-state index contributed by atoms with van der Waals surface area (Å²) in [5.74, 6) is -0.342. The molecule has 3 aromatic rings. The van der Waals surface area contributed by atoms with Crippen molar-refractivity contribution in [3.8, 4) is 0 Å². The predicted octanol–water partition coefficient (Wildman–Crippen LogP) is 2.17. The molecule has 0 fully saturated rings. The van der Waals surface area contributed by atoms with Gasteiger partial charge in [0.05, 0.1) is 37.6 Å². The highest BCUT2D eigenvalue weighted by Crippen LogP contribution is 2.13. The molecular weight excluding hydrogens is 319 g/mol. The Morgan fingerprint density at radius 3 is 3.00 bits per heavy atom. The lowest BCUT2D eigenvalue weighted by molar-refractivity contribution is 0.0189. The number of hydrogen-bond acceptors (Lipinski definition) is 5. The molecule has 2 heterocycles. The van der Waals surface area contributed by atoms with Crippen LogP contribution in [0.15, 0.2) is 46.8 Å². The van der Waals surface area contributed by atoms with Gasteiger partial charge in [-0.3, -0.25) is 9.36 Å². The van der Waals surface area contributed by atoms with E-state index in [1.165, 1.54) is 28.3 Å². The van der Waals surface area contributed by atoms with Crippen molar-refractivity contribution in [2.75, 3.05) is 6.61 Å². The second-order valence-electron chi connectivity index (χ2n) is 5.10. The largest absolute Gasteiger partial charge is 0.389 e. The summed E-state index contributed by atoms with van der Waals surface area (Å²) < 4.78 is 20.1. The first-order valence-corrected chi connectivity index (χ1v) is 7.95. The van der Waals surface area contributed by atoms with Crippen LogP contribution in [-0.4, -0.2) is 27.4 Å². The molecule has 0 aliphatic rings. The smallest absolute Gasteiger partial charge is 0.262 e. The Bertz CT molecular complexity index is 862. The monoisotopic (exact) mass is 334 g/mol. The lowest BCUT2D eigenvalue weighted by atomic mass is 10.2. The second-order valence-corrected chi connectivity index (χ2v) is 6.00. The van der Waals surface area contributed by atoms with Crippen LogP contribution in [0.5, 0.6) is 0 Å². The molecule has 1 atom stereocenters. The number of fused-ring (bicyclic) bond motifs is 1. The number of aromatic nitrogens is 2. The molecule has 0 saturated carbocycles. The van der Waals surface area contributed by atoms with Crippen LogP contribution in [-0.2, 0) is 17.9 Å². The van der Waals surface area contributed by atoms with E-state index in [4.69, 9.17) is 4.74 Å². The summed E-state index contributed by atoms with van der Waals surface area (Å²) in [5, 5.41) is 12.3. The number of nitrogens with zero attached hydrogens (tertiary/aromatic N) is 2. The number of rotatable bonds is 6. The maximum atomic E-state index is 13.4. The van der Waals surface area contributed by atoms with Gasteiger partial charge in [-0.1, -0.05) is 18.2 Å². The lowest BCUT2D eigenvalue weighted by Crippen LogP contribution is -2.29. The van der Waals surface area contributed by atoms with Crippen molar-refractivity contribution in [3.05, 3.63) is 63.8 Å². The van der Waals surface area contributed by atoms with Crippen LogP contribution in [0.1, 0.15) is 5.56 Å². The zero-order chi connectivity index (χ0) is 16.2. The fourth-order valence-electron chi connectivity index (χ4n) is 2.22. The predicted molar refractivity (Wildman–Crippen MR) is 85.9 cm³/mol. The highest BCUT2D eigenvalue weighted by molar-refractivity contribution is 7.16. The number of thiophene rings is 1. The van der Waals surface area contributed by atoms with E-state index in [0.29, 0.717) is 15.8 Å². The minimum absolute atomic E-state index is 0.00243. The van der Waals surface area contributed by atoms with Gasteiger partial charge in [-0.05, 0) is 17.5 Å². The molecule has 2 aromatic heterocycles. The SMILES string of the molecule is O=c1c2ccsc2ncn1C[C@H](O)COCc1ccccc1F. The van der Waals surface area contributed by atoms with Crippen molar-refractivity contribution in [3.63, 3.8) is 0 Å². The van der Waals surface area contributed by atoms with E-state index < -0.39 is 6.10 Å². The third kappa shape index (κ3) is 3.64. The summed E-state index contributed by atoms with van der Waals surface area (Å²) in [7, 11) is 0. The second kappa shape index (κ2) is 6.99. The third-order valence-electron chi connectivity index (χ3n) is 3.38. The molecular formula is C16H15FN2O3S. The zero-order valence-electron chi connectivity index (χ0n) is 12.2. The van der Waals surface area contributed by atoms with E-state index in [9.17, 15) is 14.3 Å². The molecule has 0 aliphatic heterocycles. The van der Waals surface area contributed by atoms with Gasteiger partial charge in [0, 0.05) is 5.56 Å². The molecule has 0 aliphatic carbocycles. The highest BCUT2D eigenvalue weighted by atomic mass is 32.1. The first-order chi connectivity index (χ1) is 11.1. The molecule has 0 spiro atoms. The Morgan fingerprint density at radius 2 is 2.17 bits per heavy atom. The molecule has 0 saturated heterocycles. The summed E-state index contributed by atoms with van der Waals surface area (Å²) in [6.07, 6.45) is 0.540. The Kier molecular flexibility index (Phi) is 4.80. The average Bonchev–Trinajstić information content (AvgIpc) is 3.01. The molecule has 5 nitrogen and oxygen atoms in total. The van der Waals surface area contributed by atoms with Crippen LogP contribution in [0.3, 0.4) is 0 Å². The van der Waals surface area contributed by atoms with Crippen LogP contribution in [0.25, 0.3) is 10.2 Å². The molecule has 0 bridgehead atoms. The minimum Gasteiger partial charge on any atom is -0.389 e. The fraction of sp³-hybridized carbons (Fsp3) is 0.250. The molecule has 1 aromatic carbocycles. The van der Waals surface area contributed by atoms with Gasteiger partial charge < -0.3 is 9.84 Å². The van der Waals surface area contributed by atoms with E-state index in [0.717, 1.165) is 0 Å². The van der Waals surface area contributed by atoms with Crippen molar-refractivity contribution in [1.29, 1.82) is 0 Å². The van der Waals surface area contributed by atoms with Crippen LogP contribution in [0, 0.1) is 5.82 Å². The van der Waals surface area contributed by atoms with Gasteiger partial charge in [0.1, 0.15) is 10.6 Å². The average molecular weight is 334 g/mol. The zero-order valence-corrected chi connectivity index (χ0v) is 13.0. The van der Waals surface area contributed by atoms with Crippen molar-refractivity contribution in [2.45, 2.75) is 19.3 Å². The van der Waals surface area contributed by atoms with Crippen LogP contribution in [0.4, 0.5) is 4.39 Å². The number of benzene rings is 1. The molecule has 3 rings (SSSR count). The molecule has 23 heavy (non-hydrogen) atoms. The Morgan fingerprint density at radius 1 is 1.35 bits per heavy atom. The Labute approximate surface area is 135 Å². The van der Waals surface area contributed by atoms with Crippen molar-refractivity contribution >= 4 is 21.6 Å². The fourth-order valence-corrected chi connectivity index (χ4v) is 2.95.